The molecule has 0 saturated carbocycles. The number of thioether (sulfide) groups is 2. The topological polar surface area (TPSA) is 55.1 Å². The average Bonchev–Trinajstić information content (AvgIpc) is 2.41. The predicted molar refractivity (Wildman–Crippen MR) is 85.2 cm³/mol. The molecule has 104 valence electrons. The molecule has 3 N–H and O–H groups in total. The van der Waals surface area contributed by atoms with Crippen LogP contribution in [0.5, 0.6) is 0 Å². The fraction of sp³-hybridized carbons (Fsp3) is 0.462. The normalized spacial score (nSPS) is 19.3. The van der Waals surface area contributed by atoms with Gasteiger partial charge >= 0.3 is 0 Å². The Morgan fingerprint density at radius 1 is 1.47 bits per heavy atom. The van der Waals surface area contributed by atoms with E-state index in [1.54, 1.807) is 12.1 Å². The van der Waals surface area contributed by atoms with Crippen molar-refractivity contribution < 1.29 is 4.79 Å². The number of rotatable bonds is 5. The quantitative estimate of drug-likeness (QED) is 0.875. The van der Waals surface area contributed by atoms with Crippen LogP contribution in [0.25, 0.3) is 0 Å². The molecule has 1 aliphatic rings. The summed E-state index contributed by atoms with van der Waals surface area (Å²) in [5, 5.41) is 4.70. The van der Waals surface area contributed by atoms with Gasteiger partial charge < -0.3 is 11.1 Å². The Kier molecular flexibility index (Phi) is 5.88. The zero-order valence-electron chi connectivity index (χ0n) is 10.5. The van der Waals surface area contributed by atoms with Crippen LogP contribution in [-0.4, -0.2) is 35.0 Å². The summed E-state index contributed by atoms with van der Waals surface area (Å²) in [5.41, 5.74) is 6.66. The molecule has 1 unspecified atom stereocenters. The van der Waals surface area contributed by atoms with Gasteiger partial charge in [0.15, 0.2) is 0 Å². The van der Waals surface area contributed by atoms with Crippen LogP contribution in [-0.2, 0) is 6.54 Å². The van der Waals surface area contributed by atoms with E-state index < -0.39 is 5.91 Å². The van der Waals surface area contributed by atoms with Gasteiger partial charge in [-0.2, -0.15) is 23.5 Å². The zero-order chi connectivity index (χ0) is 13.7. The minimum Gasteiger partial charge on any atom is -0.366 e. The molecule has 0 aliphatic carbocycles. The van der Waals surface area contributed by atoms with Gasteiger partial charge in [0.1, 0.15) is 0 Å². The standard InChI is InChI=1S/C13H17ClN2OS2/c14-12-5-9(13(15)17)1-2-10(12)6-16-7-11-8-18-3-4-19-11/h1-2,5,11,16H,3-4,6-8H2,(H2,15,17). The van der Waals surface area contributed by atoms with Crippen molar-refractivity contribution in [3.05, 3.63) is 34.3 Å². The highest BCUT2D eigenvalue weighted by Crippen LogP contribution is 2.23. The molecule has 0 aromatic heterocycles. The molecule has 1 aromatic rings. The van der Waals surface area contributed by atoms with Gasteiger partial charge in [-0.25, -0.2) is 0 Å². The van der Waals surface area contributed by atoms with Crippen LogP contribution in [0.3, 0.4) is 0 Å². The lowest BCUT2D eigenvalue weighted by Gasteiger charge is -2.21. The molecule has 1 aromatic carbocycles. The van der Waals surface area contributed by atoms with Crippen molar-refractivity contribution in [3.8, 4) is 0 Å². The molecule has 19 heavy (non-hydrogen) atoms. The van der Waals surface area contributed by atoms with Gasteiger partial charge in [0.2, 0.25) is 5.91 Å². The molecule has 1 atom stereocenters. The smallest absolute Gasteiger partial charge is 0.248 e. The maximum atomic E-state index is 11.0. The summed E-state index contributed by atoms with van der Waals surface area (Å²) < 4.78 is 0. The summed E-state index contributed by atoms with van der Waals surface area (Å²) in [6, 6.07) is 5.21. The van der Waals surface area contributed by atoms with Crippen LogP contribution in [0.15, 0.2) is 18.2 Å². The maximum absolute atomic E-state index is 11.0. The van der Waals surface area contributed by atoms with Crippen molar-refractivity contribution >= 4 is 41.0 Å². The van der Waals surface area contributed by atoms with E-state index >= 15 is 0 Å². The van der Waals surface area contributed by atoms with Gasteiger partial charge in [-0.15, -0.1) is 0 Å². The minimum atomic E-state index is -0.447. The maximum Gasteiger partial charge on any atom is 0.248 e. The zero-order valence-corrected chi connectivity index (χ0v) is 12.9. The number of nitrogens with two attached hydrogens (primary N) is 1. The molecule has 1 heterocycles. The summed E-state index contributed by atoms with van der Waals surface area (Å²) in [6.45, 7) is 1.71. The first-order valence-corrected chi connectivity index (χ1v) is 8.73. The third-order valence-corrected chi connectivity index (χ3v) is 6.11. The van der Waals surface area contributed by atoms with E-state index in [0.29, 0.717) is 15.8 Å². The van der Waals surface area contributed by atoms with Crippen LogP contribution in [0.2, 0.25) is 5.02 Å². The van der Waals surface area contributed by atoms with Gasteiger partial charge in [0.25, 0.3) is 0 Å². The van der Waals surface area contributed by atoms with E-state index in [2.05, 4.69) is 5.32 Å². The monoisotopic (exact) mass is 316 g/mol. The van der Waals surface area contributed by atoms with Crippen molar-refractivity contribution in [2.24, 2.45) is 5.73 Å². The van der Waals surface area contributed by atoms with E-state index in [9.17, 15) is 4.79 Å². The lowest BCUT2D eigenvalue weighted by Crippen LogP contribution is -2.28. The van der Waals surface area contributed by atoms with Crippen LogP contribution in [0.4, 0.5) is 0 Å². The van der Waals surface area contributed by atoms with E-state index in [1.165, 1.54) is 17.3 Å². The molecule has 1 aliphatic heterocycles. The number of primary amides is 1. The molecule has 1 fully saturated rings. The predicted octanol–water partition coefficient (Wildman–Crippen LogP) is 2.38. The fourth-order valence-corrected chi connectivity index (χ4v) is 4.76. The number of nitrogens with one attached hydrogen (secondary N) is 1. The van der Waals surface area contributed by atoms with Gasteiger partial charge in [-0.05, 0) is 17.7 Å². The Balaban J connectivity index is 1.83. The van der Waals surface area contributed by atoms with Crippen molar-refractivity contribution in [1.29, 1.82) is 0 Å². The van der Waals surface area contributed by atoms with Crippen molar-refractivity contribution in [1.82, 2.24) is 5.32 Å². The molecule has 1 saturated heterocycles. The van der Waals surface area contributed by atoms with Crippen LogP contribution < -0.4 is 11.1 Å². The third kappa shape index (κ3) is 4.60. The van der Waals surface area contributed by atoms with E-state index in [-0.39, 0.29) is 0 Å². The second kappa shape index (κ2) is 7.43. The van der Waals surface area contributed by atoms with Crippen molar-refractivity contribution in [3.63, 3.8) is 0 Å². The van der Waals surface area contributed by atoms with Crippen LogP contribution >= 0.6 is 35.1 Å². The summed E-state index contributed by atoms with van der Waals surface area (Å²) >= 11 is 10.2. The van der Waals surface area contributed by atoms with Crippen LogP contribution in [0, 0.1) is 0 Å². The van der Waals surface area contributed by atoms with Gasteiger partial charge in [-0.3, -0.25) is 4.79 Å². The second-order valence-corrected chi connectivity index (χ2v) is 7.33. The molecule has 3 nitrogen and oxygen atoms in total. The summed E-state index contributed by atoms with van der Waals surface area (Å²) in [5.74, 6) is 3.27. The van der Waals surface area contributed by atoms with Gasteiger partial charge in [-0.1, -0.05) is 17.7 Å². The Bertz CT molecular complexity index is 450. The first-order chi connectivity index (χ1) is 9.16. The number of hydrogen-bond acceptors (Lipinski definition) is 4. The third-order valence-electron chi connectivity index (χ3n) is 2.91. The molecule has 2 rings (SSSR count). The van der Waals surface area contributed by atoms with Crippen molar-refractivity contribution in [2.45, 2.75) is 11.8 Å². The second-order valence-electron chi connectivity index (χ2n) is 4.37. The number of halogens is 1. The molecule has 0 radical (unpaired) electrons. The number of benzene rings is 1. The lowest BCUT2D eigenvalue weighted by atomic mass is 10.1. The molecule has 6 heteroatoms. The Hall–Kier alpha value is -0.360. The highest BCUT2D eigenvalue weighted by molar-refractivity contribution is 8.06. The molecule has 0 spiro atoms. The highest BCUT2D eigenvalue weighted by Gasteiger charge is 2.13. The number of carbonyl (C=O) groups is 1. The Morgan fingerprint density at radius 2 is 2.32 bits per heavy atom. The molecular weight excluding hydrogens is 300 g/mol. The Labute approximate surface area is 127 Å². The van der Waals surface area contributed by atoms with E-state index in [1.807, 2.05) is 29.6 Å². The number of amides is 1. The van der Waals surface area contributed by atoms with E-state index in [0.717, 1.165) is 18.7 Å². The first kappa shape index (κ1) is 15.0. The minimum absolute atomic E-state index is 0.447. The van der Waals surface area contributed by atoms with Crippen LogP contribution in [0.1, 0.15) is 15.9 Å². The molecule has 0 bridgehead atoms. The Morgan fingerprint density at radius 3 is 2.95 bits per heavy atom. The number of carbonyl (C=O) groups excluding carboxylic acids is 1. The summed E-state index contributed by atoms with van der Waals surface area (Å²) in [7, 11) is 0. The fourth-order valence-electron chi connectivity index (χ4n) is 1.87. The molecular formula is C13H17ClN2OS2. The highest BCUT2D eigenvalue weighted by atomic mass is 35.5. The summed E-state index contributed by atoms with van der Waals surface area (Å²) in [4.78, 5) is 11.0. The SMILES string of the molecule is NC(=O)c1ccc(CNCC2CSCCS2)c(Cl)c1. The largest absolute Gasteiger partial charge is 0.366 e. The first-order valence-electron chi connectivity index (χ1n) is 6.15. The van der Waals surface area contributed by atoms with Crippen molar-refractivity contribution in [2.75, 3.05) is 23.8 Å². The lowest BCUT2D eigenvalue weighted by molar-refractivity contribution is 0.100. The van der Waals surface area contributed by atoms with E-state index in [4.69, 9.17) is 17.3 Å². The summed E-state index contributed by atoms with van der Waals surface area (Å²) in [6.07, 6.45) is 0. The molecule has 1 amide bonds. The van der Waals surface area contributed by atoms with Gasteiger partial charge in [0, 0.05) is 46.2 Å². The average molecular weight is 317 g/mol. The van der Waals surface area contributed by atoms with Gasteiger partial charge in [0.05, 0.1) is 0 Å². The number of hydrogen-bond donors (Lipinski definition) is 2.